The maximum Gasteiger partial charge on any atom is 0.302 e. The van der Waals surface area contributed by atoms with Crippen molar-refractivity contribution in [2.75, 3.05) is 0 Å². The number of esters is 1. The van der Waals surface area contributed by atoms with Crippen LogP contribution in [0.25, 0.3) is 0 Å². The van der Waals surface area contributed by atoms with E-state index in [0.717, 1.165) is 56.3 Å². The number of ether oxygens (including phenoxy) is 1. The zero-order chi connectivity index (χ0) is 24.2. The molecule has 4 nitrogen and oxygen atoms in total. The maximum absolute atomic E-state index is 11.9. The average Bonchev–Trinajstić information content (AvgIpc) is 3.04. The Bertz CT molecular complexity index is 728. The molecule has 190 valence electrons. The lowest BCUT2D eigenvalue weighted by Gasteiger charge is -2.64. The molecule has 4 aliphatic carbocycles. The third-order valence-electron chi connectivity index (χ3n) is 11.3. The molecule has 4 rings (SSSR count). The third-order valence-corrected chi connectivity index (χ3v) is 11.3. The molecule has 0 amide bonds. The molecule has 0 spiro atoms. The Balaban J connectivity index is 1.46. The van der Waals surface area contributed by atoms with Crippen LogP contribution < -0.4 is 0 Å². The molecule has 0 aliphatic heterocycles. The zero-order valence-electron chi connectivity index (χ0n) is 22.2. The van der Waals surface area contributed by atoms with Gasteiger partial charge in [-0.3, -0.25) is 4.79 Å². The Morgan fingerprint density at radius 1 is 1.06 bits per heavy atom. The van der Waals surface area contributed by atoms with E-state index >= 15 is 0 Å². The van der Waals surface area contributed by atoms with Crippen molar-refractivity contribution in [3.05, 3.63) is 0 Å². The molecule has 0 aromatic carbocycles. The van der Waals surface area contributed by atoms with E-state index in [0.29, 0.717) is 23.7 Å². The zero-order valence-corrected chi connectivity index (χ0v) is 22.2. The fraction of sp³-hybridized carbons (Fsp3) is 0.966. The van der Waals surface area contributed by atoms with Gasteiger partial charge in [-0.15, -0.1) is 0 Å². The van der Waals surface area contributed by atoms with E-state index < -0.39 is 11.2 Å². The van der Waals surface area contributed by atoms with E-state index in [1.807, 2.05) is 13.8 Å². The molecule has 0 aromatic rings. The summed E-state index contributed by atoms with van der Waals surface area (Å²) in [6.45, 7) is 12.8. The van der Waals surface area contributed by atoms with E-state index in [1.165, 1.54) is 39.0 Å². The van der Waals surface area contributed by atoms with Crippen molar-refractivity contribution >= 4 is 5.97 Å². The van der Waals surface area contributed by atoms with Crippen LogP contribution in [-0.2, 0) is 9.53 Å². The Hall–Kier alpha value is -0.610. The summed E-state index contributed by atoms with van der Waals surface area (Å²) in [5, 5.41) is 22.0. The predicted molar refractivity (Wildman–Crippen MR) is 132 cm³/mol. The van der Waals surface area contributed by atoms with Crippen LogP contribution in [0.1, 0.15) is 119 Å². The van der Waals surface area contributed by atoms with Gasteiger partial charge in [0, 0.05) is 13.3 Å². The van der Waals surface area contributed by atoms with Crippen molar-refractivity contribution in [3.8, 4) is 0 Å². The molecule has 0 radical (unpaired) electrons. The van der Waals surface area contributed by atoms with Crippen LogP contribution in [0.4, 0.5) is 0 Å². The summed E-state index contributed by atoms with van der Waals surface area (Å²) in [4.78, 5) is 11.5. The van der Waals surface area contributed by atoms with Crippen molar-refractivity contribution in [3.63, 3.8) is 0 Å². The number of fused-ring (bicyclic) bond motifs is 5. The molecular formula is C29H50O4. The summed E-state index contributed by atoms with van der Waals surface area (Å²) < 4.78 is 5.55. The molecule has 9 atom stereocenters. The van der Waals surface area contributed by atoms with Gasteiger partial charge in [-0.1, -0.05) is 33.6 Å². The highest BCUT2D eigenvalue weighted by Gasteiger charge is 2.65. The molecule has 4 heteroatoms. The van der Waals surface area contributed by atoms with Crippen LogP contribution in [0, 0.1) is 40.4 Å². The molecule has 0 bridgehead atoms. The number of carbonyl (C=O) groups is 1. The highest BCUT2D eigenvalue weighted by atomic mass is 16.5. The molecule has 4 saturated carbocycles. The third kappa shape index (κ3) is 4.53. The van der Waals surface area contributed by atoms with Gasteiger partial charge in [0.1, 0.15) is 6.10 Å². The molecular weight excluding hydrogens is 412 g/mol. The van der Waals surface area contributed by atoms with Crippen molar-refractivity contribution in [1.29, 1.82) is 0 Å². The normalized spacial score (nSPS) is 46.1. The maximum atomic E-state index is 11.9. The smallest absolute Gasteiger partial charge is 0.302 e. The first-order valence-corrected chi connectivity index (χ1v) is 13.9. The molecule has 2 unspecified atom stereocenters. The van der Waals surface area contributed by atoms with Crippen molar-refractivity contribution < 1.29 is 19.7 Å². The minimum Gasteiger partial charge on any atom is -0.462 e. The van der Waals surface area contributed by atoms with Crippen molar-refractivity contribution in [2.24, 2.45) is 40.4 Å². The lowest BCUT2D eigenvalue weighted by molar-refractivity contribution is -0.224. The van der Waals surface area contributed by atoms with Crippen LogP contribution in [-0.4, -0.2) is 33.5 Å². The summed E-state index contributed by atoms with van der Waals surface area (Å²) in [5.74, 6) is 3.39. The quantitative estimate of drug-likeness (QED) is 0.457. The first-order valence-electron chi connectivity index (χ1n) is 13.9. The van der Waals surface area contributed by atoms with Gasteiger partial charge < -0.3 is 14.9 Å². The van der Waals surface area contributed by atoms with Crippen LogP contribution in [0.15, 0.2) is 0 Å². The van der Waals surface area contributed by atoms with Gasteiger partial charge in [0.2, 0.25) is 0 Å². The molecule has 0 saturated heterocycles. The number of rotatable bonds is 6. The highest BCUT2D eigenvalue weighted by molar-refractivity contribution is 5.66. The first kappa shape index (κ1) is 25.5. The Labute approximate surface area is 202 Å². The number of hydrogen-bond donors (Lipinski definition) is 2. The number of aliphatic hydroxyl groups is 2. The van der Waals surface area contributed by atoms with E-state index in [-0.39, 0.29) is 17.5 Å². The summed E-state index contributed by atoms with van der Waals surface area (Å²) in [5.41, 5.74) is -0.869. The summed E-state index contributed by atoms with van der Waals surface area (Å²) in [7, 11) is 0. The second kappa shape index (κ2) is 8.80. The Morgan fingerprint density at radius 3 is 2.45 bits per heavy atom. The van der Waals surface area contributed by atoms with Gasteiger partial charge in [-0.05, 0) is 112 Å². The highest BCUT2D eigenvalue weighted by Crippen LogP contribution is 2.69. The number of carbonyl (C=O) groups excluding carboxylic acids is 1. The minimum atomic E-state index is -0.692. The van der Waals surface area contributed by atoms with Gasteiger partial charge in [-0.25, -0.2) is 0 Å². The second-order valence-electron chi connectivity index (χ2n) is 13.7. The molecule has 4 aliphatic rings. The van der Waals surface area contributed by atoms with E-state index in [1.54, 1.807) is 0 Å². The lowest BCUT2D eigenvalue weighted by Crippen LogP contribution is -2.63. The van der Waals surface area contributed by atoms with E-state index in [4.69, 9.17) is 4.74 Å². The Morgan fingerprint density at radius 2 is 1.79 bits per heavy atom. The minimum absolute atomic E-state index is 0.0513. The van der Waals surface area contributed by atoms with Crippen LogP contribution in [0.2, 0.25) is 0 Å². The predicted octanol–water partition coefficient (Wildman–Crippen LogP) is 6.27. The van der Waals surface area contributed by atoms with Gasteiger partial charge >= 0.3 is 5.97 Å². The van der Waals surface area contributed by atoms with Crippen LogP contribution in [0.3, 0.4) is 0 Å². The molecule has 0 aromatic heterocycles. The number of hydrogen-bond acceptors (Lipinski definition) is 4. The van der Waals surface area contributed by atoms with Gasteiger partial charge in [0.25, 0.3) is 0 Å². The fourth-order valence-corrected chi connectivity index (χ4v) is 9.58. The van der Waals surface area contributed by atoms with Crippen molar-refractivity contribution in [2.45, 2.75) is 136 Å². The Kier molecular flexibility index (Phi) is 6.80. The largest absolute Gasteiger partial charge is 0.462 e. The summed E-state index contributed by atoms with van der Waals surface area (Å²) in [6.07, 6.45) is 12.8. The molecule has 0 heterocycles. The summed E-state index contributed by atoms with van der Waals surface area (Å²) in [6, 6.07) is 0. The van der Waals surface area contributed by atoms with Crippen LogP contribution in [0.5, 0.6) is 0 Å². The molecule has 4 fully saturated rings. The van der Waals surface area contributed by atoms with Gasteiger partial charge in [-0.2, -0.15) is 0 Å². The first-order chi connectivity index (χ1) is 15.3. The fourth-order valence-electron chi connectivity index (χ4n) is 9.58. The SMILES string of the molecule is CC(=O)OC1CC[C@]2(C)[C@H]3CC[C@]4(C)[C@@H]([C@H](C)CCCC(C)(C)O)CC[C@H]4[C@@H]3CCC2(O)C1. The van der Waals surface area contributed by atoms with E-state index in [2.05, 4.69) is 20.8 Å². The second-order valence-corrected chi connectivity index (χ2v) is 13.7. The van der Waals surface area contributed by atoms with Gasteiger partial charge in [0.05, 0.1) is 11.2 Å². The van der Waals surface area contributed by atoms with Crippen molar-refractivity contribution in [1.82, 2.24) is 0 Å². The summed E-state index contributed by atoms with van der Waals surface area (Å²) >= 11 is 0. The molecule has 2 N–H and O–H groups in total. The average molecular weight is 463 g/mol. The molecule has 33 heavy (non-hydrogen) atoms. The van der Waals surface area contributed by atoms with E-state index in [9.17, 15) is 15.0 Å². The standard InChI is InChI=1S/C29H50O4/c1-19(8-7-14-26(3,4)31)23-9-10-24-22-12-17-29(32)18-21(33-20(2)30)11-16-28(29,6)25(22)13-15-27(23,24)5/h19,21-25,31-32H,7-18H2,1-6H3/t19-,21?,22+,23-,24+,25+,27-,28-,29?/m1/s1. The topological polar surface area (TPSA) is 66.8 Å². The van der Waals surface area contributed by atoms with Gasteiger partial charge in [0.15, 0.2) is 0 Å². The lowest BCUT2D eigenvalue weighted by atomic mass is 9.43. The monoisotopic (exact) mass is 462 g/mol. The van der Waals surface area contributed by atoms with Crippen LogP contribution >= 0.6 is 0 Å².